The Morgan fingerprint density at radius 3 is 2.94 bits per heavy atom. The van der Waals surface area contributed by atoms with Gasteiger partial charge in [-0.15, -0.1) is 0 Å². The first-order valence-electron chi connectivity index (χ1n) is 5.01. The third-order valence-corrected chi connectivity index (χ3v) is 2.78. The molecule has 3 atom stereocenters. The molecule has 1 aromatic heterocycles. The number of aromatic nitrogens is 2. The summed E-state index contributed by atoms with van der Waals surface area (Å²) >= 11 is 0. The Morgan fingerprint density at radius 2 is 2.38 bits per heavy atom. The molecule has 0 unspecified atom stereocenters. The molecule has 1 aromatic rings. The molecule has 1 aliphatic heterocycles. The maximum Gasteiger partial charge on any atom is 0.257 e. The SMILES string of the molecule is Nc1ncc([C@H]2C[C@H](O)[C@@H](CO)N2)c(=O)[nH]1. The summed E-state index contributed by atoms with van der Waals surface area (Å²) in [5.41, 5.74) is 5.43. The van der Waals surface area contributed by atoms with Gasteiger partial charge in [0.05, 0.1) is 24.3 Å². The fraction of sp³-hybridized carbons (Fsp3) is 0.556. The monoisotopic (exact) mass is 226 g/mol. The number of nitrogens with zero attached hydrogens (tertiary/aromatic N) is 1. The summed E-state index contributed by atoms with van der Waals surface area (Å²) in [7, 11) is 0. The minimum absolute atomic E-state index is 0.0611. The molecule has 88 valence electrons. The number of rotatable bonds is 2. The summed E-state index contributed by atoms with van der Waals surface area (Å²) in [5, 5.41) is 21.5. The van der Waals surface area contributed by atoms with Crippen molar-refractivity contribution in [2.75, 3.05) is 12.3 Å². The molecular formula is C9H14N4O3. The van der Waals surface area contributed by atoms with Crippen molar-refractivity contribution in [3.05, 3.63) is 22.1 Å². The van der Waals surface area contributed by atoms with Crippen molar-refractivity contribution in [1.29, 1.82) is 0 Å². The van der Waals surface area contributed by atoms with E-state index in [1.54, 1.807) is 0 Å². The molecule has 2 heterocycles. The van der Waals surface area contributed by atoms with Gasteiger partial charge >= 0.3 is 0 Å². The van der Waals surface area contributed by atoms with Crippen LogP contribution < -0.4 is 16.6 Å². The minimum atomic E-state index is -0.660. The molecule has 0 amide bonds. The van der Waals surface area contributed by atoms with Crippen molar-refractivity contribution >= 4 is 5.95 Å². The molecular weight excluding hydrogens is 212 g/mol. The molecule has 7 heteroatoms. The van der Waals surface area contributed by atoms with E-state index >= 15 is 0 Å². The van der Waals surface area contributed by atoms with Crippen LogP contribution in [-0.4, -0.2) is 38.9 Å². The van der Waals surface area contributed by atoms with Gasteiger partial charge in [-0.25, -0.2) is 4.98 Å². The van der Waals surface area contributed by atoms with Gasteiger partial charge in [-0.2, -0.15) is 0 Å². The third-order valence-electron chi connectivity index (χ3n) is 2.78. The van der Waals surface area contributed by atoms with Gasteiger partial charge in [0, 0.05) is 12.2 Å². The summed E-state index contributed by atoms with van der Waals surface area (Å²) in [6.07, 6.45) is 1.10. The number of H-pyrrole nitrogens is 1. The van der Waals surface area contributed by atoms with Gasteiger partial charge in [-0.05, 0) is 6.42 Å². The van der Waals surface area contributed by atoms with E-state index in [9.17, 15) is 9.90 Å². The summed E-state index contributed by atoms with van der Waals surface area (Å²) in [4.78, 5) is 17.8. The number of nitrogens with one attached hydrogen (secondary N) is 2. The highest BCUT2D eigenvalue weighted by Crippen LogP contribution is 2.24. The quantitative estimate of drug-likeness (QED) is 0.401. The van der Waals surface area contributed by atoms with Crippen molar-refractivity contribution in [2.45, 2.75) is 24.6 Å². The molecule has 16 heavy (non-hydrogen) atoms. The Bertz CT molecular complexity index is 433. The van der Waals surface area contributed by atoms with Gasteiger partial charge < -0.3 is 21.3 Å². The van der Waals surface area contributed by atoms with E-state index < -0.39 is 12.1 Å². The average molecular weight is 226 g/mol. The molecule has 1 saturated heterocycles. The van der Waals surface area contributed by atoms with Crippen LogP contribution in [0.25, 0.3) is 0 Å². The Kier molecular flexibility index (Phi) is 2.90. The Labute approximate surface area is 91.3 Å². The number of aliphatic hydroxyl groups is 2. The fourth-order valence-electron chi connectivity index (χ4n) is 1.90. The van der Waals surface area contributed by atoms with Crippen LogP contribution in [0.5, 0.6) is 0 Å². The normalized spacial score (nSPS) is 29.5. The number of aliphatic hydroxyl groups excluding tert-OH is 2. The van der Waals surface area contributed by atoms with E-state index in [4.69, 9.17) is 10.8 Å². The smallest absolute Gasteiger partial charge is 0.257 e. The molecule has 7 nitrogen and oxygen atoms in total. The Balaban J connectivity index is 2.23. The van der Waals surface area contributed by atoms with Crippen molar-refractivity contribution in [3.8, 4) is 0 Å². The molecule has 1 aliphatic rings. The highest BCUT2D eigenvalue weighted by molar-refractivity contribution is 5.21. The second kappa shape index (κ2) is 4.20. The maximum atomic E-state index is 11.6. The van der Waals surface area contributed by atoms with Crippen molar-refractivity contribution in [2.24, 2.45) is 0 Å². The van der Waals surface area contributed by atoms with E-state index in [1.165, 1.54) is 6.20 Å². The zero-order valence-corrected chi connectivity index (χ0v) is 8.55. The number of hydrogen-bond donors (Lipinski definition) is 5. The van der Waals surface area contributed by atoms with Crippen LogP contribution in [-0.2, 0) is 0 Å². The zero-order valence-electron chi connectivity index (χ0n) is 8.55. The standard InChI is InChI=1S/C9H14N4O3/c10-9-11-2-4(8(16)13-9)5-1-7(15)6(3-14)12-5/h2,5-7,12,14-15H,1,3H2,(H3,10,11,13,16)/t5-,6-,7+/m1/s1. The number of nitrogen functional groups attached to an aromatic ring is 1. The van der Waals surface area contributed by atoms with Gasteiger partial charge in [-0.3, -0.25) is 9.78 Å². The van der Waals surface area contributed by atoms with Crippen LogP contribution in [0, 0.1) is 0 Å². The number of hydrogen-bond acceptors (Lipinski definition) is 6. The third kappa shape index (κ3) is 1.92. The van der Waals surface area contributed by atoms with E-state index in [1.807, 2.05) is 0 Å². The summed E-state index contributed by atoms with van der Waals surface area (Å²) in [6.45, 7) is -0.169. The van der Waals surface area contributed by atoms with E-state index in [2.05, 4.69) is 15.3 Å². The molecule has 0 spiro atoms. The lowest BCUT2D eigenvalue weighted by molar-refractivity contribution is 0.121. The summed E-state index contributed by atoms with van der Waals surface area (Å²) < 4.78 is 0. The molecule has 0 bridgehead atoms. The van der Waals surface area contributed by atoms with E-state index in [0.717, 1.165) is 0 Å². The van der Waals surface area contributed by atoms with Crippen LogP contribution in [0.3, 0.4) is 0 Å². The largest absolute Gasteiger partial charge is 0.395 e. The average Bonchev–Trinajstić information content (AvgIpc) is 2.59. The van der Waals surface area contributed by atoms with Gasteiger partial charge in [0.25, 0.3) is 5.56 Å². The van der Waals surface area contributed by atoms with Crippen LogP contribution in [0.4, 0.5) is 5.95 Å². The number of anilines is 1. The second-order valence-electron chi connectivity index (χ2n) is 3.86. The zero-order chi connectivity index (χ0) is 11.7. The number of aromatic amines is 1. The van der Waals surface area contributed by atoms with Gasteiger partial charge in [-0.1, -0.05) is 0 Å². The summed E-state index contributed by atoms with van der Waals surface area (Å²) in [5.74, 6) is 0.0611. The van der Waals surface area contributed by atoms with Gasteiger partial charge in [0.1, 0.15) is 0 Å². The van der Waals surface area contributed by atoms with Gasteiger partial charge in [0.2, 0.25) is 0 Å². The molecule has 6 N–H and O–H groups in total. The lowest BCUT2D eigenvalue weighted by Crippen LogP contribution is -2.35. The van der Waals surface area contributed by atoms with Crippen molar-refractivity contribution in [1.82, 2.24) is 15.3 Å². The molecule has 0 aromatic carbocycles. The Hall–Kier alpha value is -1.44. The summed E-state index contributed by atoms with van der Waals surface area (Å²) in [6, 6.07) is -0.703. The first kappa shape index (κ1) is 11.1. The maximum absolute atomic E-state index is 11.6. The lowest BCUT2D eigenvalue weighted by atomic mass is 10.1. The fourth-order valence-corrected chi connectivity index (χ4v) is 1.90. The lowest BCUT2D eigenvalue weighted by Gasteiger charge is -2.11. The highest BCUT2D eigenvalue weighted by Gasteiger charge is 2.33. The van der Waals surface area contributed by atoms with Crippen molar-refractivity contribution in [3.63, 3.8) is 0 Å². The van der Waals surface area contributed by atoms with Gasteiger partial charge in [0.15, 0.2) is 5.95 Å². The van der Waals surface area contributed by atoms with E-state index in [-0.39, 0.29) is 24.2 Å². The first-order valence-corrected chi connectivity index (χ1v) is 5.01. The van der Waals surface area contributed by atoms with E-state index in [0.29, 0.717) is 12.0 Å². The minimum Gasteiger partial charge on any atom is -0.395 e. The topological polar surface area (TPSA) is 124 Å². The second-order valence-corrected chi connectivity index (χ2v) is 3.86. The molecule has 0 saturated carbocycles. The molecule has 2 rings (SSSR count). The molecule has 0 radical (unpaired) electrons. The van der Waals surface area contributed by atoms with Crippen LogP contribution in [0.1, 0.15) is 18.0 Å². The molecule has 1 fully saturated rings. The predicted octanol–water partition coefficient (Wildman–Crippen LogP) is -1.89. The Morgan fingerprint density at radius 1 is 1.62 bits per heavy atom. The highest BCUT2D eigenvalue weighted by atomic mass is 16.3. The van der Waals surface area contributed by atoms with Crippen molar-refractivity contribution < 1.29 is 10.2 Å². The predicted molar refractivity (Wildman–Crippen MR) is 56.6 cm³/mol. The molecule has 0 aliphatic carbocycles. The first-order chi connectivity index (χ1) is 7.61. The van der Waals surface area contributed by atoms with Crippen LogP contribution in [0.15, 0.2) is 11.0 Å². The van der Waals surface area contributed by atoms with Crippen LogP contribution >= 0.6 is 0 Å². The van der Waals surface area contributed by atoms with Crippen LogP contribution in [0.2, 0.25) is 0 Å². The number of nitrogens with two attached hydrogens (primary N) is 1.